The molecule has 27 heteroatoms. The molecule has 20 nitrogen and oxygen atoms in total. The van der Waals surface area contributed by atoms with E-state index in [9.17, 15) is 14.6 Å². The number of anilines is 2. The topological polar surface area (TPSA) is 287 Å². The smallest absolute Gasteiger partial charge is 0.325 e. The molecule has 0 aliphatic carbocycles. The number of nitrogens with two attached hydrogens (primary N) is 2. The monoisotopic (exact) mass is 751 g/mol. The first-order valence-corrected chi connectivity index (χ1v) is 18.1. The van der Waals surface area contributed by atoms with Gasteiger partial charge >= 0.3 is 13.4 Å². The van der Waals surface area contributed by atoms with Crippen LogP contribution in [0, 0.1) is 0 Å². The van der Waals surface area contributed by atoms with Crippen molar-refractivity contribution in [1.82, 2.24) is 39.0 Å². The maximum absolute atomic E-state index is 16.0. The van der Waals surface area contributed by atoms with Crippen LogP contribution in [0.15, 0.2) is 23.8 Å². The zero-order valence-corrected chi connectivity index (χ0v) is 29.2. The second kappa shape index (κ2) is 13.5. The number of imidazole rings is 2. The van der Waals surface area contributed by atoms with Crippen molar-refractivity contribution in [2.24, 2.45) is 0 Å². The summed E-state index contributed by atoms with van der Waals surface area (Å²) in [5.41, 5.74) is 10.9. The minimum Gasteiger partial charge on any atom is -0.412 e. The minimum atomic E-state index is -4.35. The number of hydrogen-bond acceptors (Lipinski definition) is 16. The average molecular weight is 752 g/mol. The molecule has 3 aliphatic rings. The first kappa shape index (κ1) is 36.6. The zero-order valence-electron chi connectivity index (χ0n) is 23.8. The van der Waals surface area contributed by atoms with Crippen molar-refractivity contribution < 1.29 is 51.6 Å². The first-order chi connectivity index (χ1) is 21.3. The second-order valence-corrected chi connectivity index (χ2v) is 15.6. The molecule has 9 N–H and O–H groups in total. The molecule has 0 unspecified atom stereocenters. The zero-order chi connectivity index (χ0) is 31.8. The van der Waals surface area contributed by atoms with Crippen molar-refractivity contribution in [2.45, 2.75) is 49.2 Å². The molecule has 251 valence electrons. The Morgan fingerprint density at radius 2 is 1.47 bits per heavy atom. The summed E-state index contributed by atoms with van der Waals surface area (Å²) in [5, 5.41) is 0. The molecule has 7 rings (SSSR count). The number of fused-ring (bicyclic) bond motifs is 5. The summed E-state index contributed by atoms with van der Waals surface area (Å²) < 4.78 is 67.9. The third kappa shape index (κ3) is 6.76. The molecular formula is C20H24F2N10NaO10P2S2. The Morgan fingerprint density at radius 3 is 2.17 bits per heavy atom. The number of aromatic nitrogens is 8. The van der Waals surface area contributed by atoms with Crippen LogP contribution in [0.5, 0.6) is 0 Å². The van der Waals surface area contributed by atoms with Crippen LogP contribution in [0.1, 0.15) is 12.5 Å². The van der Waals surface area contributed by atoms with Crippen LogP contribution in [-0.2, 0) is 51.2 Å². The largest absolute Gasteiger partial charge is 0.412 e. The van der Waals surface area contributed by atoms with Gasteiger partial charge in [0.25, 0.3) is 5.56 Å². The summed E-state index contributed by atoms with van der Waals surface area (Å²) in [6.07, 6.45) is -9.65. The second-order valence-electron chi connectivity index (χ2n) is 10.0. The van der Waals surface area contributed by atoms with Gasteiger partial charge in [-0.15, -0.1) is 0 Å². The number of hydrogen-bond donors (Lipinski definition) is 5. The predicted molar refractivity (Wildman–Crippen MR) is 164 cm³/mol. The van der Waals surface area contributed by atoms with Gasteiger partial charge in [-0.2, -0.15) is 4.98 Å². The maximum Gasteiger partial charge on any atom is 0.325 e. The molecule has 0 saturated carbocycles. The van der Waals surface area contributed by atoms with E-state index in [2.05, 4.69) is 29.9 Å². The molecule has 0 aromatic carbocycles. The fourth-order valence-corrected chi connectivity index (χ4v) is 8.07. The molecule has 0 amide bonds. The fourth-order valence-electron chi connectivity index (χ4n) is 5.23. The van der Waals surface area contributed by atoms with Crippen LogP contribution in [0.4, 0.5) is 20.5 Å². The molecule has 3 saturated heterocycles. The van der Waals surface area contributed by atoms with Gasteiger partial charge in [0.05, 0.1) is 25.9 Å². The number of H-pyrrole nitrogens is 1. The van der Waals surface area contributed by atoms with E-state index in [1.165, 1.54) is 10.9 Å². The van der Waals surface area contributed by atoms with Gasteiger partial charge in [-0.3, -0.25) is 28.0 Å². The average Bonchev–Trinajstić information content (AvgIpc) is 3.72. The van der Waals surface area contributed by atoms with Crippen molar-refractivity contribution in [3.05, 3.63) is 29.3 Å². The van der Waals surface area contributed by atoms with Gasteiger partial charge in [-0.1, -0.05) is 0 Å². The van der Waals surface area contributed by atoms with Crippen LogP contribution in [-0.4, -0.2) is 134 Å². The standard InChI is InChI=1S/C20H22F2N10O9P2S2.Na.H2O/c21-8-6-1-36-42(34,44)40-12-7(39-18(9(12)22)31-4-27-10-14(23)25-3-26-15(10)31)2-37-43(35,45)41-13(8)19(38-6)32-5-28-11-16(32)29-20(24)30-17(11)33;;/h3-9,12-13,18-19H,1-2H2,(H,34,44)(H,35,45)(H2,23,25,26)(H3,24,29,30,33);;1H2/t6-,7-,8-,9+,12-,13-,18-,19-,42-,43-;;/m1../s1. The number of nitrogens with one attached hydrogen (secondary N) is 1. The van der Waals surface area contributed by atoms with Gasteiger partial charge in [-0.25, -0.2) is 28.7 Å². The summed E-state index contributed by atoms with van der Waals surface area (Å²) in [5.74, 6) is -0.213. The van der Waals surface area contributed by atoms with Crippen molar-refractivity contribution in [2.75, 3.05) is 24.7 Å². The Labute approximate surface area is 293 Å². The molecule has 7 heterocycles. The molecule has 3 fully saturated rings. The van der Waals surface area contributed by atoms with Gasteiger partial charge < -0.3 is 45.3 Å². The van der Waals surface area contributed by atoms with Crippen LogP contribution in [0.3, 0.4) is 0 Å². The molecule has 0 spiro atoms. The molecule has 4 aromatic rings. The van der Waals surface area contributed by atoms with E-state index in [1.54, 1.807) is 0 Å². The normalized spacial score (nSPS) is 36.1. The number of ether oxygens (including phenoxy) is 2. The number of rotatable bonds is 2. The molecular weight excluding hydrogens is 727 g/mol. The van der Waals surface area contributed by atoms with E-state index < -0.39 is 81.4 Å². The van der Waals surface area contributed by atoms with Gasteiger partial charge in [-0.05, 0) is 23.6 Å². The minimum absolute atomic E-state index is 0. The van der Waals surface area contributed by atoms with Crippen molar-refractivity contribution in [3.8, 4) is 0 Å². The van der Waals surface area contributed by atoms with E-state index in [1.807, 2.05) is 0 Å². The molecule has 4 aromatic heterocycles. The predicted octanol–water partition coefficient (Wildman–Crippen LogP) is -1.36. The molecule has 2 bridgehead atoms. The van der Waals surface area contributed by atoms with Crippen molar-refractivity contribution in [3.63, 3.8) is 0 Å². The van der Waals surface area contributed by atoms with E-state index in [4.69, 9.17) is 62.6 Å². The number of alkyl halides is 2. The Balaban J connectivity index is 0.00000217. The molecule has 3 aliphatic heterocycles. The van der Waals surface area contributed by atoms with Gasteiger partial charge in [0, 0.05) is 29.6 Å². The van der Waals surface area contributed by atoms with Crippen molar-refractivity contribution >= 4 is 101 Å². The van der Waals surface area contributed by atoms with Crippen LogP contribution in [0.2, 0.25) is 0 Å². The van der Waals surface area contributed by atoms with Crippen LogP contribution >= 0.6 is 13.4 Å². The van der Waals surface area contributed by atoms with Crippen LogP contribution < -0.4 is 17.0 Å². The van der Waals surface area contributed by atoms with Gasteiger partial charge in [0.15, 0.2) is 47.4 Å². The van der Waals surface area contributed by atoms with Gasteiger partial charge in [0.1, 0.15) is 36.3 Å². The van der Waals surface area contributed by atoms with E-state index in [0.717, 1.165) is 17.2 Å². The molecule has 10 atom stereocenters. The van der Waals surface area contributed by atoms with Crippen LogP contribution in [0.25, 0.3) is 22.3 Å². The van der Waals surface area contributed by atoms with E-state index in [0.29, 0.717) is 0 Å². The van der Waals surface area contributed by atoms with Crippen molar-refractivity contribution in [1.29, 1.82) is 0 Å². The Kier molecular flexibility index (Phi) is 10.5. The van der Waals surface area contributed by atoms with E-state index >= 15 is 8.78 Å². The summed E-state index contributed by atoms with van der Waals surface area (Å²) >= 11 is 10.3. The first-order valence-electron chi connectivity index (χ1n) is 12.9. The summed E-state index contributed by atoms with van der Waals surface area (Å²) in [6.45, 7) is -10.0. The quantitative estimate of drug-likeness (QED) is 0.117. The third-order valence-corrected chi connectivity index (χ3v) is 10.4. The molecule has 1 radical (unpaired) electrons. The summed E-state index contributed by atoms with van der Waals surface area (Å²) in [4.78, 5) is 56.6. The summed E-state index contributed by atoms with van der Waals surface area (Å²) in [7, 11) is 0. The summed E-state index contributed by atoms with van der Waals surface area (Å²) in [6, 6.07) is 0. The Bertz CT molecular complexity index is 1960. The number of halogens is 2. The number of aromatic amines is 1. The number of nitrogen functional groups attached to an aromatic ring is 2. The Morgan fingerprint density at radius 1 is 0.872 bits per heavy atom. The molecule has 47 heavy (non-hydrogen) atoms. The third-order valence-electron chi connectivity index (χ3n) is 7.23. The fraction of sp³-hybridized carbons (Fsp3) is 0.500. The number of nitrogens with zero attached hydrogens (tertiary/aromatic N) is 7. The maximum atomic E-state index is 16.0. The Hall–Kier alpha value is -1.70. The van der Waals surface area contributed by atoms with Gasteiger partial charge in [0.2, 0.25) is 5.95 Å². The SMILES string of the molecule is Nc1nc2c(ncn2[C@@H]2O[C@@H]3CO[P@@](O)(=S)O[C@H]4[C@H](F)[C@H](n5cnc6c(N)ncnc65)O[C@@H]4CO[P@@](O)(=S)O[C@@H]2[C@@H]3F)c(=O)[nH]1.O.[Na]. The van der Waals surface area contributed by atoms with E-state index in [-0.39, 0.29) is 69.1 Å².